The van der Waals surface area contributed by atoms with Crippen molar-refractivity contribution in [2.75, 3.05) is 21.1 Å². The lowest BCUT2D eigenvalue weighted by atomic mass is 10.2. The number of likely N-dealkylation sites (N-methyl/N-ethyl adjacent to an activating group) is 1. The predicted octanol–water partition coefficient (Wildman–Crippen LogP) is -0.789. The molecule has 0 aliphatic carbocycles. The molecule has 0 saturated heterocycles. The van der Waals surface area contributed by atoms with Crippen molar-refractivity contribution in [2.45, 2.75) is 12.5 Å². The van der Waals surface area contributed by atoms with Gasteiger partial charge in [-0.3, -0.25) is 14.4 Å². The normalized spacial score (nSPS) is 10.3. The first-order valence-corrected chi connectivity index (χ1v) is 7.98. The van der Waals surface area contributed by atoms with E-state index in [9.17, 15) is 14.4 Å². The monoisotopic (exact) mass is 378 g/mol. The number of amides is 3. The molecule has 1 heterocycles. The summed E-state index contributed by atoms with van der Waals surface area (Å²) in [5.74, 6) is -1.58. The molecule has 148 valence electrons. The molecule has 0 unspecified atom stereocenters. The fraction of sp³-hybridized carbons (Fsp3) is 0.294. The van der Waals surface area contributed by atoms with Crippen molar-refractivity contribution in [3.8, 4) is 11.5 Å². The molecule has 0 fully saturated rings. The van der Waals surface area contributed by atoms with Crippen LogP contribution in [-0.2, 0) is 9.59 Å². The molecule has 2 rings (SSSR count). The fourth-order valence-corrected chi connectivity index (χ4v) is 1.91. The first-order valence-electron chi connectivity index (χ1n) is 7.98. The van der Waals surface area contributed by atoms with Gasteiger partial charge in [-0.25, -0.2) is 4.98 Å². The van der Waals surface area contributed by atoms with Crippen LogP contribution in [0.1, 0.15) is 16.9 Å². The van der Waals surface area contributed by atoms with Gasteiger partial charge in [0.1, 0.15) is 12.3 Å². The second kappa shape index (κ2) is 13.0. The van der Waals surface area contributed by atoms with E-state index in [1.807, 2.05) is 18.2 Å². The van der Waals surface area contributed by atoms with E-state index in [2.05, 4.69) is 27.1 Å². The topological polar surface area (TPSA) is 179 Å². The van der Waals surface area contributed by atoms with E-state index < -0.39 is 23.8 Å². The molecule has 27 heavy (non-hydrogen) atoms. The summed E-state index contributed by atoms with van der Waals surface area (Å²) >= 11 is 0. The largest absolute Gasteiger partial charge is 0.444 e. The summed E-state index contributed by atoms with van der Waals surface area (Å²) in [5.41, 5.74) is 14.8. The first-order chi connectivity index (χ1) is 13.0. The second-order valence-electron chi connectivity index (χ2n) is 4.71. The van der Waals surface area contributed by atoms with Crippen LogP contribution in [0.25, 0.3) is 11.5 Å². The molecule has 0 bridgehead atoms. The number of nitrogens with two attached hydrogens (primary N) is 3. The van der Waals surface area contributed by atoms with Gasteiger partial charge in [0.05, 0.1) is 6.42 Å². The van der Waals surface area contributed by atoms with Crippen LogP contribution in [0.4, 0.5) is 0 Å². The zero-order valence-corrected chi connectivity index (χ0v) is 15.6. The lowest BCUT2D eigenvalue weighted by Crippen LogP contribution is -2.47. The third-order valence-electron chi connectivity index (χ3n) is 3.03. The number of hydrogen-bond donors (Lipinski definition) is 5. The summed E-state index contributed by atoms with van der Waals surface area (Å²) < 4.78 is 5.26. The number of oxazole rings is 1. The summed E-state index contributed by atoms with van der Waals surface area (Å²) in [4.78, 5) is 38.9. The van der Waals surface area contributed by atoms with Gasteiger partial charge >= 0.3 is 0 Å². The van der Waals surface area contributed by atoms with Gasteiger partial charge in [-0.05, 0) is 26.2 Å². The van der Waals surface area contributed by atoms with Crippen molar-refractivity contribution in [2.24, 2.45) is 17.2 Å². The Morgan fingerprint density at radius 1 is 1.11 bits per heavy atom. The van der Waals surface area contributed by atoms with Crippen LogP contribution in [0, 0.1) is 0 Å². The molecule has 0 aliphatic heterocycles. The Hall–Kier alpha value is -3.24. The average Bonchev–Trinajstić information content (AvgIpc) is 3.20. The highest BCUT2D eigenvalue weighted by Crippen LogP contribution is 2.17. The number of nitrogens with one attached hydrogen (secondary N) is 2. The van der Waals surface area contributed by atoms with Crippen molar-refractivity contribution < 1.29 is 18.8 Å². The maximum absolute atomic E-state index is 12.1. The molecular formula is C17H26N6O4. The molecule has 1 atom stereocenters. The summed E-state index contributed by atoms with van der Waals surface area (Å²) in [6.45, 7) is 0. The highest BCUT2D eigenvalue weighted by atomic mass is 16.3. The Morgan fingerprint density at radius 3 is 2.22 bits per heavy atom. The van der Waals surface area contributed by atoms with Gasteiger partial charge in [0, 0.05) is 12.6 Å². The third-order valence-corrected chi connectivity index (χ3v) is 3.03. The van der Waals surface area contributed by atoms with Crippen molar-refractivity contribution in [1.29, 1.82) is 0 Å². The number of rotatable bonds is 6. The molecule has 1 aromatic carbocycles. The van der Waals surface area contributed by atoms with Gasteiger partial charge in [0.25, 0.3) is 5.91 Å². The first kappa shape index (κ1) is 23.8. The van der Waals surface area contributed by atoms with Gasteiger partial charge < -0.3 is 32.3 Å². The number of benzene rings is 1. The van der Waals surface area contributed by atoms with E-state index in [0.717, 1.165) is 0 Å². The van der Waals surface area contributed by atoms with Crippen molar-refractivity contribution >= 4 is 17.7 Å². The van der Waals surface area contributed by atoms with E-state index in [4.69, 9.17) is 10.2 Å². The maximum atomic E-state index is 12.1. The van der Waals surface area contributed by atoms with E-state index in [1.54, 1.807) is 12.1 Å². The number of hydrogen-bond acceptors (Lipinski definition) is 7. The molecule has 10 heteroatoms. The minimum Gasteiger partial charge on any atom is -0.444 e. The summed E-state index contributed by atoms with van der Waals surface area (Å²) in [6, 6.07) is 7.98. The van der Waals surface area contributed by atoms with Gasteiger partial charge in [-0.1, -0.05) is 18.2 Å². The van der Waals surface area contributed by atoms with Gasteiger partial charge in [-0.2, -0.15) is 0 Å². The molecular weight excluding hydrogens is 352 g/mol. The Bertz CT molecular complexity index is 717. The minimum absolute atomic E-state index is 0.00206. The number of aromatic nitrogens is 1. The quantitative estimate of drug-likeness (QED) is 0.437. The predicted molar refractivity (Wildman–Crippen MR) is 101 cm³/mol. The SMILES string of the molecule is CN.CN.CNC(=O)[C@H](CC(N)=O)NC(=O)c1coc(-c2ccccc2)n1. The van der Waals surface area contributed by atoms with E-state index in [-0.39, 0.29) is 18.0 Å². The van der Waals surface area contributed by atoms with Crippen molar-refractivity contribution in [3.63, 3.8) is 0 Å². The van der Waals surface area contributed by atoms with Crippen molar-refractivity contribution in [3.05, 3.63) is 42.3 Å². The zero-order chi connectivity index (χ0) is 20.8. The minimum atomic E-state index is -1.07. The second-order valence-corrected chi connectivity index (χ2v) is 4.71. The van der Waals surface area contributed by atoms with Crippen LogP contribution in [0.2, 0.25) is 0 Å². The van der Waals surface area contributed by atoms with Crippen molar-refractivity contribution in [1.82, 2.24) is 15.6 Å². The van der Waals surface area contributed by atoms with Crippen LogP contribution in [0.5, 0.6) is 0 Å². The summed E-state index contributed by atoms with van der Waals surface area (Å²) in [7, 11) is 4.39. The Kier molecular flexibility index (Phi) is 11.5. The Morgan fingerprint density at radius 2 is 1.70 bits per heavy atom. The molecule has 3 amide bonds. The highest BCUT2D eigenvalue weighted by Gasteiger charge is 2.24. The fourth-order valence-electron chi connectivity index (χ4n) is 1.91. The molecule has 2 aromatic rings. The van der Waals surface area contributed by atoms with Crippen LogP contribution in [0.3, 0.4) is 0 Å². The van der Waals surface area contributed by atoms with Gasteiger partial charge in [0.2, 0.25) is 17.7 Å². The molecule has 10 nitrogen and oxygen atoms in total. The molecule has 8 N–H and O–H groups in total. The molecule has 0 spiro atoms. The van der Waals surface area contributed by atoms with E-state index in [1.165, 1.54) is 27.4 Å². The Balaban J connectivity index is 0.00000158. The summed E-state index contributed by atoms with van der Waals surface area (Å²) in [5, 5.41) is 4.76. The Labute approximate surface area is 157 Å². The van der Waals surface area contributed by atoms with E-state index >= 15 is 0 Å². The molecule has 1 aromatic heterocycles. The lowest BCUT2D eigenvalue weighted by molar-refractivity contribution is -0.126. The standard InChI is InChI=1S/C15H16N4O4.2CH5N/c1-17-13(21)10(7-12(16)20)18-14(22)11-8-23-15(19-11)9-5-3-2-4-6-9;2*1-2/h2-6,8,10H,7H2,1H3,(H2,16,20)(H,17,21)(H,18,22);2*2H2,1H3/t10-;;/m0../s1. The van der Waals surface area contributed by atoms with Crippen LogP contribution >= 0.6 is 0 Å². The number of nitrogens with zero attached hydrogens (tertiary/aromatic N) is 1. The van der Waals surface area contributed by atoms with Crippen LogP contribution in [0.15, 0.2) is 41.0 Å². The molecule has 0 aliphatic rings. The van der Waals surface area contributed by atoms with Crippen LogP contribution < -0.4 is 27.8 Å². The number of carbonyl (C=O) groups excluding carboxylic acids is 3. The third kappa shape index (κ3) is 7.67. The highest BCUT2D eigenvalue weighted by molar-refractivity contribution is 5.97. The van der Waals surface area contributed by atoms with Crippen LogP contribution in [-0.4, -0.2) is 49.9 Å². The summed E-state index contributed by atoms with van der Waals surface area (Å²) in [6.07, 6.45) is 0.873. The van der Waals surface area contributed by atoms with E-state index in [0.29, 0.717) is 5.56 Å². The number of carbonyl (C=O) groups is 3. The number of primary amides is 1. The zero-order valence-electron chi connectivity index (χ0n) is 15.6. The smallest absolute Gasteiger partial charge is 0.273 e. The molecule has 0 saturated carbocycles. The van der Waals surface area contributed by atoms with Gasteiger partial charge in [0.15, 0.2) is 5.69 Å². The maximum Gasteiger partial charge on any atom is 0.273 e. The lowest BCUT2D eigenvalue weighted by Gasteiger charge is -2.14. The molecule has 0 radical (unpaired) electrons. The average molecular weight is 378 g/mol. The van der Waals surface area contributed by atoms with Gasteiger partial charge in [-0.15, -0.1) is 0 Å².